The van der Waals surface area contributed by atoms with Gasteiger partial charge in [-0.15, -0.1) is 0 Å². The van der Waals surface area contributed by atoms with Crippen molar-refractivity contribution in [2.45, 2.75) is 52.9 Å². The lowest BCUT2D eigenvalue weighted by Crippen LogP contribution is -2.43. The summed E-state index contributed by atoms with van der Waals surface area (Å²) < 4.78 is 0. The van der Waals surface area contributed by atoms with Crippen LogP contribution in [-0.2, 0) is 0 Å². The second-order valence-corrected chi connectivity index (χ2v) is 5.49. The van der Waals surface area contributed by atoms with E-state index in [9.17, 15) is 5.11 Å². The minimum absolute atomic E-state index is 0.152. The number of piperidine rings is 1. The fourth-order valence-corrected chi connectivity index (χ4v) is 2.77. The predicted molar refractivity (Wildman–Crippen MR) is 69.6 cm³/mol. The molecule has 0 atom stereocenters. The number of hydrogen-bond donors (Lipinski definition) is 1. The fraction of sp³-hybridized carbons (Fsp3) is 1.00. The highest BCUT2D eigenvalue weighted by Gasteiger charge is 2.29. The molecule has 0 aromatic heterocycles. The molecule has 1 N–H and O–H groups in total. The molecule has 0 spiro atoms. The highest BCUT2D eigenvalue weighted by atomic mass is 16.3. The third kappa shape index (κ3) is 3.46. The van der Waals surface area contributed by atoms with Gasteiger partial charge in [0.15, 0.2) is 0 Å². The van der Waals surface area contributed by atoms with Gasteiger partial charge < -0.3 is 10.0 Å². The number of hydrogen-bond acceptors (Lipinski definition) is 2. The Morgan fingerprint density at radius 1 is 1.12 bits per heavy atom. The maximum absolute atomic E-state index is 9.58. The zero-order chi connectivity index (χ0) is 12.0. The second-order valence-electron chi connectivity index (χ2n) is 5.49. The minimum Gasteiger partial charge on any atom is -0.396 e. The third-order valence-corrected chi connectivity index (χ3v) is 4.68. The van der Waals surface area contributed by atoms with Gasteiger partial charge >= 0.3 is 0 Å². The highest BCUT2D eigenvalue weighted by Crippen LogP contribution is 2.29. The average molecular weight is 227 g/mol. The lowest BCUT2D eigenvalue weighted by Gasteiger charge is -2.39. The van der Waals surface area contributed by atoms with Crippen molar-refractivity contribution in [3.63, 3.8) is 0 Å². The zero-order valence-electron chi connectivity index (χ0n) is 11.3. The maximum Gasteiger partial charge on any atom is 0.0499 e. The number of nitrogens with zero attached hydrogens (tertiary/aromatic N) is 1. The molecule has 0 radical (unpaired) electrons. The topological polar surface area (TPSA) is 23.5 Å². The van der Waals surface area contributed by atoms with E-state index in [-0.39, 0.29) is 5.41 Å². The van der Waals surface area contributed by atoms with Crippen LogP contribution in [0.4, 0.5) is 0 Å². The number of likely N-dealkylation sites (tertiary alicyclic amines) is 1. The fourth-order valence-electron chi connectivity index (χ4n) is 2.77. The quantitative estimate of drug-likeness (QED) is 0.754. The molecule has 2 heteroatoms. The van der Waals surface area contributed by atoms with Crippen LogP contribution in [0.3, 0.4) is 0 Å². The summed E-state index contributed by atoms with van der Waals surface area (Å²) in [5.74, 6) is 0.947. The van der Waals surface area contributed by atoms with Crippen LogP contribution in [-0.4, -0.2) is 36.2 Å². The van der Waals surface area contributed by atoms with Gasteiger partial charge in [0.05, 0.1) is 0 Å². The molecule has 1 saturated heterocycles. The van der Waals surface area contributed by atoms with E-state index in [0.717, 1.165) is 25.3 Å². The molecule has 0 aliphatic carbocycles. The average Bonchev–Trinajstić information content (AvgIpc) is 2.37. The van der Waals surface area contributed by atoms with Gasteiger partial charge in [0, 0.05) is 18.6 Å². The Balaban J connectivity index is 2.42. The van der Waals surface area contributed by atoms with Gasteiger partial charge in [-0.3, -0.25) is 0 Å². The Bertz CT molecular complexity index is 173. The summed E-state index contributed by atoms with van der Waals surface area (Å²) in [6, 6.07) is 0. The largest absolute Gasteiger partial charge is 0.396 e. The molecule has 1 aliphatic heterocycles. The first kappa shape index (κ1) is 14.0. The van der Waals surface area contributed by atoms with Crippen LogP contribution < -0.4 is 0 Å². The molecule has 0 amide bonds. The van der Waals surface area contributed by atoms with Crippen LogP contribution in [0.1, 0.15) is 52.9 Å². The summed E-state index contributed by atoms with van der Waals surface area (Å²) in [4.78, 5) is 2.56. The molecule has 16 heavy (non-hydrogen) atoms. The van der Waals surface area contributed by atoms with Crippen LogP contribution in [0.5, 0.6) is 0 Å². The minimum atomic E-state index is 0.152. The third-order valence-electron chi connectivity index (χ3n) is 4.68. The zero-order valence-corrected chi connectivity index (χ0v) is 11.3. The van der Waals surface area contributed by atoms with E-state index in [1.807, 2.05) is 0 Å². The van der Waals surface area contributed by atoms with Crippen molar-refractivity contribution in [3.05, 3.63) is 0 Å². The maximum atomic E-state index is 9.58. The first-order valence-corrected chi connectivity index (χ1v) is 7.03. The van der Waals surface area contributed by atoms with Gasteiger partial charge in [0.1, 0.15) is 0 Å². The molecule has 96 valence electrons. The molecule has 2 nitrogen and oxygen atoms in total. The Kier molecular flexibility index (Phi) is 5.77. The Hall–Kier alpha value is -0.0800. The normalized spacial score (nSPS) is 20.2. The standard InChI is InChI=1S/C14H29NO/c1-4-13-7-9-15(10-8-13)11-14(5-2,6-3)12-16/h13,16H,4-12H2,1-3H3. The summed E-state index contributed by atoms with van der Waals surface area (Å²) >= 11 is 0. The predicted octanol–water partition coefficient (Wildman–Crippen LogP) is 2.91. The van der Waals surface area contributed by atoms with Crippen molar-refractivity contribution in [2.24, 2.45) is 11.3 Å². The Morgan fingerprint density at radius 3 is 2.06 bits per heavy atom. The molecule has 0 unspecified atom stereocenters. The van der Waals surface area contributed by atoms with Gasteiger partial charge in [0.25, 0.3) is 0 Å². The van der Waals surface area contributed by atoms with Gasteiger partial charge in [0.2, 0.25) is 0 Å². The smallest absolute Gasteiger partial charge is 0.0499 e. The molecule has 0 aromatic rings. The summed E-state index contributed by atoms with van der Waals surface area (Å²) in [5.41, 5.74) is 0.152. The van der Waals surface area contributed by atoms with E-state index < -0.39 is 0 Å². The molecule has 1 aliphatic rings. The summed E-state index contributed by atoms with van der Waals surface area (Å²) in [6.07, 6.45) is 6.22. The van der Waals surface area contributed by atoms with E-state index in [1.165, 1.54) is 32.4 Å². The van der Waals surface area contributed by atoms with Gasteiger partial charge in [-0.25, -0.2) is 0 Å². The van der Waals surface area contributed by atoms with Crippen molar-refractivity contribution >= 4 is 0 Å². The Morgan fingerprint density at radius 2 is 1.69 bits per heavy atom. The number of rotatable bonds is 6. The van der Waals surface area contributed by atoms with E-state index in [2.05, 4.69) is 25.7 Å². The van der Waals surface area contributed by atoms with Crippen molar-refractivity contribution in [2.75, 3.05) is 26.2 Å². The lowest BCUT2D eigenvalue weighted by atomic mass is 9.82. The monoisotopic (exact) mass is 227 g/mol. The van der Waals surface area contributed by atoms with Crippen molar-refractivity contribution in [1.82, 2.24) is 4.90 Å². The molecular formula is C14H29NO. The van der Waals surface area contributed by atoms with Crippen molar-refractivity contribution < 1.29 is 5.11 Å². The lowest BCUT2D eigenvalue weighted by molar-refractivity contribution is 0.0500. The summed E-state index contributed by atoms with van der Waals surface area (Å²) in [6.45, 7) is 10.6. The molecule has 0 bridgehead atoms. The van der Waals surface area contributed by atoms with Crippen LogP contribution in [0.2, 0.25) is 0 Å². The summed E-state index contributed by atoms with van der Waals surface area (Å²) in [5, 5.41) is 9.58. The molecule has 1 rings (SSSR count). The Labute approximate surface area is 101 Å². The number of aliphatic hydroxyl groups excluding tert-OH is 1. The first-order chi connectivity index (χ1) is 7.69. The van der Waals surface area contributed by atoms with Crippen LogP contribution in [0.15, 0.2) is 0 Å². The summed E-state index contributed by atoms with van der Waals surface area (Å²) in [7, 11) is 0. The molecule has 1 fully saturated rings. The van der Waals surface area contributed by atoms with Crippen molar-refractivity contribution in [1.29, 1.82) is 0 Å². The molecule has 0 saturated carbocycles. The van der Waals surface area contributed by atoms with Crippen LogP contribution in [0, 0.1) is 11.3 Å². The SMILES string of the molecule is CCC1CCN(CC(CC)(CC)CO)CC1. The molecular weight excluding hydrogens is 198 g/mol. The van der Waals surface area contributed by atoms with E-state index in [1.54, 1.807) is 0 Å². The van der Waals surface area contributed by atoms with E-state index >= 15 is 0 Å². The van der Waals surface area contributed by atoms with Crippen molar-refractivity contribution in [3.8, 4) is 0 Å². The van der Waals surface area contributed by atoms with Gasteiger partial charge in [-0.1, -0.05) is 27.2 Å². The number of aliphatic hydroxyl groups is 1. The van der Waals surface area contributed by atoms with Crippen LogP contribution in [0.25, 0.3) is 0 Å². The molecule has 1 heterocycles. The van der Waals surface area contributed by atoms with Gasteiger partial charge in [-0.05, 0) is 44.7 Å². The van der Waals surface area contributed by atoms with Gasteiger partial charge in [-0.2, -0.15) is 0 Å². The van der Waals surface area contributed by atoms with Crippen LogP contribution >= 0.6 is 0 Å². The van der Waals surface area contributed by atoms with E-state index in [0.29, 0.717) is 6.61 Å². The highest BCUT2D eigenvalue weighted by molar-refractivity contribution is 4.82. The molecule has 0 aromatic carbocycles. The van der Waals surface area contributed by atoms with E-state index in [4.69, 9.17) is 0 Å². The second kappa shape index (κ2) is 6.61. The first-order valence-electron chi connectivity index (χ1n) is 7.03.